The van der Waals surface area contributed by atoms with Crippen LogP contribution in [0.4, 0.5) is 5.95 Å². The maximum atomic E-state index is 5.46. The number of hydrogen-bond donors (Lipinski definition) is 0. The predicted molar refractivity (Wildman–Crippen MR) is 98.6 cm³/mol. The Balaban J connectivity index is 2.04. The van der Waals surface area contributed by atoms with Gasteiger partial charge in [0, 0.05) is 24.3 Å². The molecule has 128 valence electrons. The number of ether oxygens (including phenoxy) is 1. The summed E-state index contributed by atoms with van der Waals surface area (Å²) in [6, 6.07) is 8.81. The van der Waals surface area contributed by atoms with Gasteiger partial charge < -0.3 is 9.64 Å². The van der Waals surface area contributed by atoms with Crippen LogP contribution in [-0.2, 0) is 17.6 Å². The van der Waals surface area contributed by atoms with E-state index in [2.05, 4.69) is 49.9 Å². The molecular formula is C20H27N3O. The Labute approximate surface area is 144 Å². The van der Waals surface area contributed by atoms with E-state index in [1.807, 2.05) is 0 Å². The highest BCUT2D eigenvalue weighted by Crippen LogP contribution is 2.28. The van der Waals surface area contributed by atoms with Gasteiger partial charge in [-0.2, -0.15) is 0 Å². The average Bonchev–Trinajstić information content (AvgIpc) is 2.64. The van der Waals surface area contributed by atoms with E-state index in [9.17, 15) is 0 Å². The maximum absolute atomic E-state index is 5.46. The second-order valence-corrected chi connectivity index (χ2v) is 6.34. The van der Waals surface area contributed by atoms with Crippen LogP contribution in [-0.4, -0.2) is 36.3 Å². The fourth-order valence-electron chi connectivity index (χ4n) is 3.17. The number of benzene rings is 1. The third-order valence-corrected chi connectivity index (χ3v) is 4.63. The molecule has 3 rings (SSSR count). The molecule has 0 spiro atoms. The lowest BCUT2D eigenvalue weighted by Gasteiger charge is -2.28. The Morgan fingerprint density at radius 2 is 1.75 bits per heavy atom. The van der Waals surface area contributed by atoms with Crippen molar-refractivity contribution in [1.82, 2.24) is 9.97 Å². The topological polar surface area (TPSA) is 38.2 Å². The molecule has 0 N–H and O–H groups in total. The Bertz CT molecular complexity index is 676. The molecule has 0 bridgehead atoms. The van der Waals surface area contributed by atoms with Gasteiger partial charge >= 0.3 is 0 Å². The van der Waals surface area contributed by atoms with Gasteiger partial charge in [-0.3, -0.25) is 0 Å². The molecule has 0 amide bonds. The van der Waals surface area contributed by atoms with Crippen LogP contribution in [0.3, 0.4) is 0 Å². The van der Waals surface area contributed by atoms with Crippen molar-refractivity contribution in [2.24, 2.45) is 0 Å². The lowest BCUT2D eigenvalue weighted by Crippen LogP contribution is -2.37. The van der Waals surface area contributed by atoms with Crippen LogP contribution in [0.1, 0.15) is 37.1 Å². The van der Waals surface area contributed by atoms with Crippen LogP contribution in [0.2, 0.25) is 0 Å². The minimum absolute atomic E-state index is 0.750. The highest BCUT2D eigenvalue weighted by atomic mass is 16.5. The lowest BCUT2D eigenvalue weighted by molar-refractivity contribution is 0.122. The largest absolute Gasteiger partial charge is 0.378 e. The molecule has 1 aromatic carbocycles. The van der Waals surface area contributed by atoms with Crippen molar-refractivity contribution < 1.29 is 4.74 Å². The molecule has 4 nitrogen and oxygen atoms in total. The molecule has 1 aliphatic rings. The van der Waals surface area contributed by atoms with E-state index in [1.54, 1.807) is 0 Å². The zero-order valence-corrected chi connectivity index (χ0v) is 15.0. The van der Waals surface area contributed by atoms with Crippen molar-refractivity contribution in [1.29, 1.82) is 0 Å². The number of anilines is 1. The quantitative estimate of drug-likeness (QED) is 0.838. The summed E-state index contributed by atoms with van der Waals surface area (Å²) in [6.45, 7) is 9.73. The summed E-state index contributed by atoms with van der Waals surface area (Å²) in [6.07, 6.45) is 3.17. The molecule has 0 aliphatic carbocycles. The Kier molecular flexibility index (Phi) is 5.46. The Morgan fingerprint density at radius 1 is 1.04 bits per heavy atom. The third-order valence-electron chi connectivity index (χ3n) is 4.63. The van der Waals surface area contributed by atoms with Gasteiger partial charge in [-0.05, 0) is 30.9 Å². The number of morpholine rings is 1. The molecule has 1 aliphatic heterocycles. The fraction of sp³-hybridized carbons (Fsp3) is 0.500. The fourth-order valence-corrected chi connectivity index (χ4v) is 3.17. The summed E-state index contributed by atoms with van der Waals surface area (Å²) in [5.41, 5.74) is 6.01. The zero-order valence-electron chi connectivity index (χ0n) is 15.0. The predicted octanol–water partition coefficient (Wildman–Crippen LogP) is 3.80. The van der Waals surface area contributed by atoms with Crippen LogP contribution in [0.15, 0.2) is 24.3 Å². The second kappa shape index (κ2) is 7.75. The molecule has 0 saturated carbocycles. The summed E-state index contributed by atoms with van der Waals surface area (Å²) in [5, 5.41) is 0. The maximum Gasteiger partial charge on any atom is 0.226 e. The number of aromatic nitrogens is 2. The van der Waals surface area contributed by atoms with Crippen molar-refractivity contribution in [3.05, 3.63) is 41.1 Å². The monoisotopic (exact) mass is 325 g/mol. The highest BCUT2D eigenvalue weighted by molar-refractivity contribution is 5.66. The van der Waals surface area contributed by atoms with Gasteiger partial charge in [-0.25, -0.2) is 9.97 Å². The molecule has 24 heavy (non-hydrogen) atoms. The minimum atomic E-state index is 0.750. The summed E-state index contributed by atoms with van der Waals surface area (Å²) in [5.74, 6) is 0.838. The van der Waals surface area contributed by atoms with Gasteiger partial charge in [0.05, 0.1) is 18.9 Å². The summed E-state index contributed by atoms with van der Waals surface area (Å²) in [4.78, 5) is 12.0. The van der Waals surface area contributed by atoms with E-state index in [0.29, 0.717) is 0 Å². The molecule has 0 unspecified atom stereocenters. The second-order valence-electron chi connectivity index (χ2n) is 6.34. The summed E-state index contributed by atoms with van der Waals surface area (Å²) in [7, 11) is 0. The van der Waals surface area contributed by atoms with E-state index in [1.165, 1.54) is 16.7 Å². The van der Waals surface area contributed by atoms with Crippen LogP contribution >= 0.6 is 0 Å². The Hall–Kier alpha value is -1.94. The lowest BCUT2D eigenvalue weighted by atomic mass is 9.99. The minimum Gasteiger partial charge on any atom is -0.378 e. The number of rotatable bonds is 5. The van der Waals surface area contributed by atoms with Gasteiger partial charge in [-0.1, -0.05) is 44.5 Å². The van der Waals surface area contributed by atoms with E-state index in [4.69, 9.17) is 14.7 Å². The van der Waals surface area contributed by atoms with Crippen molar-refractivity contribution in [2.75, 3.05) is 31.2 Å². The standard InChI is InChI=1S/C20H27N3O/c1-4-6-18-15(3)21-20(23-11-13-24-14-12-23)22-19(18)17-9-7-16(5-2)8-10-17/h7-10H,4-6,11-14H2,1-3H3. The number of hydrogen-bond acceptors (Lipinski definition) is 4. The van der Waals surface area contributed by atoms with Crippen molar-refractivity contribution in [3.63, 3.8) is 0 Å². The molecule has 0 atom stereocenters. The molecule has 1 saturated heterocycles. The number of aryl methyl sites for hydroxylation is 2. The van der Waals surface area contributed by atoms with Gasteiger partial charge in [0.15, 0.2) is 0 Å². The first-order valence-corrected chi connectivity index (χ1v) is 9.02. The molecule has 0 radical (unpaired) electrons. The van der Waals surface area contributed by atoms with Crippen LogP contribution < -0.4 is 4.90 Å². The Morgan fingerprint density at radius 3 is 2.38 bits per heavy atom. The summed E-state index contributed by atoms with van der Waals surface area (Å²) >= 11 is 0. The smallest absolute Gasteiger partial charge is 0.226 e. The van der Waals surface area contributed by atoms with E-state index < -0.39 is 0 Å². The first kappa shape index (κ1) is 16.9. The van der Waals surface area contributed by atoms with E-state index in [0.717, 1.165) is 62.9 Å². The first-order valence-electron chi connectivity index (χ1n) is 9.02. The van der Waals surface area contributed by atoms with E-state index in [-0.39, 0.29) is 0 Å². The molecule has 1 aromatic heterocycles. The van der Waals surface area contributed by atoms with Gasteiger partial charge in [0.2, 0.25) is 5.95 Å². The highest BCUT2D eigenvalue weighted by Gasteiger charge is 2.18. The average molecular weight is 325 g/mol. The summed E-state index contributed by atoms with van der Waals surface area (Å²) < 4.78 is 5.46. The van der Waals surface area contributed by atoms with Crippen LogP contribution in [0.5, 0.6) is 0 Å². The van der Waals surface area contributed by atoms with Crippen LogP contribution in [0.25, 0.3) is 11.3 Å². The van der Waals surface area contributed by atoms with Crippen molar-refractivity contribution in [3.8, 4) is 11.3 Å². The third kappa shape index (κ3) is 3.59. The van der Waals surface area contributed by atoms with Crippen molar-refractivity contribution in [2.45, 2.75) is 40.0 Å². The van der Waals surface area contributed by atoms with E-state index >= 15 is 0 Å². The zero-order chi connectivity index (χ0) is 16.9. The molecule has 2 heterocycles. The normalized spacial score (nSPS) is 14.9. The molecule has 4 heteroatoms. The molecule has 1 fully saturated rings. The number of nitrogens with zero attached hydrogens (tertiary/aromatic N) is 3. The molecule has 2 aromatic rings. The SMILES string of the molecule is CCCc1c(C)nc(N2CCOCC2)nc1-c1ccc(CC)cc1. The van der Waals surface area contributed by atoms with Crippen LogP contribution in [0, 0.1) is 6.92 Å². The van der Waals surface area contributed by atoms with Crippen molar-refractivity contribution >= 4 is 5.95 Å². The van der Waals surface area contributed by atoms with Gasteiger partial charge in [0.1, 0.15) is 0 Å². The first-order chi connectivity index (χ1) is 11.7. The van der Waals surface area contributed by atoms with Gasteiger partial charge in [-0.15, -0.1) is 0 Å². The molecular weight excluding hydrogens is 298 g/mol. The van der Waals surface area contributed by atoms with Gasteiger partial charge in [0.25, 0.3) is 0 Å².